The highest BCUT2D eigenvalue weighted by Gasteiger charge is 2.25. The maximum absolute atomic E-state index is 13.0. The number of methoxy groups -OCH3 is 1. The van der Waals surface area contributed by atoms with Crippen molar-refractivity contribution >= 4 is 16.0 Å². The lowest BCUT2D eigenvalue weighted by Gasteiger charge is -2.22. The van der Waals surface area contributed by atoms with Gasteiger partial charge in [0.2, 0.25) is 10.0 Å². The van der Waals surface area contributed by atoms with Crippen molar-refractivity contribution in [3.05, 3.63) is 60.2 Å². The van der Waals surface area contributed by atoms with E-state index in [-0.39, 0.29) is 31.0 Å². The lowest BCUT2D eigenvalue weighted by molar-refractivity contribution is -0.143. The minimum atomic E-state index is -3.76. The largest absolute Gasteiger partial charge is 0.497 e. The second kappa shape index (κ2) is 9.35. The van der Waals surface area contributed by atoms with Crippen LogP contribution in [0.5, 0.6) is 5.75 Å². The summed E-state index contributed by atoms with van der Waals surface area (Å²) in [5.41, 5.74) is 0.841. The predicted molar refractivity (Wildman–Crippen MR) is 98.3 cm³/mol. The molecule has 2 aromatic rings. The molecule has 0 radical (unpaired) electrons. The van der Waals surface area contributed by atoms with Crippen molar-refractivity contribution in [2.24, 2.45) is 0 Å². The molecule has 0 fully saturated rings. The number of carbonyl (C=O) groups is 1. The number of esters is 1. The molecule has 2 rings (SSSR count). The van der Waals surface area contributed by atoms with Gasteiger partial charge in [-0.2, -0.15) is 4.31 Å². The predicted octanol–water partition coefficient (Wildman–Crippen LogP) is 2.84. The molecule has 0 saturated carbocycles. The van der Waals surface area contributed by atoms with Crippen molar-refractivity contribution in [3.8, 4) is 5.75 Å². The molecule has 140 valence electrons. The first-order valence-electron chi connectivity index (χ1n) is 8.31. The number of carbonyl (C=O) groups excluding carboxylic acids is 1. The number of rotatable bonds is 9. The van der Waals surface area contributed by atoms with Crippen LogP contribution in [0.15, 0.2) is 59.5 Å². The molecule has 0 saturated heterocycles. The van der Waals surface area contributed by atoms with E-state index in [2.05, 4.69) is 0 Å². The molecule has 2 aromatic carbocycles. The van der Waals surface area contributed by atoms with E-state index >= 15 is 0 Å². The molecule has 26 heavy (non-hydrogen) atoms. The van der Waals surface area contributed by atoms with Crippen LogP contribution in [0.1, 0.15) is 18.9 Å². The first-order chi connectivity index (χ1) is 12.5. The average Bonchev–Trinajstić information content (AvgIpc) is 2.66. The third-order valence-electron chi connectivity index (χ3n) is 3.77. The van der Waals surface area contributed by atoms with E-state index in [9.17, 15) is 13.2 Å². The molecule has 0 unspecified atom stereocenters. The molecule has 0 atom stereocenters. The Kier molecular flexibility index (Phi) is 7.17. The van der Waals surface area contributed by atoms with Crippen molar-refractivity contribution in [1.29, 1.82) is 0 Å². The summed E-state index contributed by atoms with van der Waals surface area (Å²) in [4.78, 5) is 11.8. The Hall–Kier alpha value is -2.38. The van der Waals surface area contributed by atoms with Gasteiger partial charge in [-0.3, -0.25) is 4.79 Å². The Morgan fingerprint density at radius 3 is 2.27 bits per heavy atom. The Labute approximate surface area is 154 Å². The first kappa shape index (κ1) is 19.9. The molecule has 6 nitrogen and oxygen atoms in total. The topological polar surface area (TPSA) is 72.9 Å². The summed E-state index contributed by atoms with van der Waals surface area (Å²) < 4.78 is 37.4. The number of sulfonamides is 1. The van der Waals surface area contributed by atoms with Crippen LogP contribution >= 0.6 is 0 Å². The molecule has 0 aliphatic rings. The molecular formula is C19H23NO5S. The first-order valence-corrected chi connectivity index (χ1v) is 9.75. The Bertz CT molecular complexity index is 804. The molecule has 7 heteroatoms. The van der Waals surface area contributed by atoms with Crippen LogP contribution in [0.3, 0.4) is 0 Å². The van der Waals surface area contributed by atoms with E-state index in [0.717, 1.165) is 5.56 Å². The van der Waals surface area contributed by atoms with E-state index in [1.54, 1.807) is 19.1 Å². The molecule has 0 heterocycles. The fourth-order valence-corrected chi connectivity index (χ4v) is 3.85. The molecule has 0 aromatic heterocycles. The van der Waals surface area contributed by atoms with Crippen LogP contribution in [0.2, 0.25) is 0 Å². The van der Waals surface area contributed by atoms with Crippen molar-refractivity contribution in [3.63, 3.8) is 0 Å². The minimum Gasteiger partial charge on any atom is -0.497 e. The van der Waals surface area contributed by atoms with Crippen LogP contribution in [0, 0.1) is 0 Å². The molecule has 0 spiro atoms. The molecular weight excluding hydrogens is 354 g/mol. The van der Waals surface area contributed by atoms with E-state index in [4.69, 9.17) is 9.47 Å². The highest BCUT2D eigenvalue weighted by molar-refractivity contribution is 7.89. The summed E-state index contributed by atoms with van der Waals surface area (Å²) in [7, 11) is -2.25. The van der Waals surface area contributed by atoms with Crippen LogP contribution in [0.25, 0.3) is 0 Å². The Balaban J connectivity index is 2.25. The fourth-order valence-electron chi connectivity index (χ4n) is 2.42. The van der Waals surface area contributed by atoms with E-state index in [1.165, 1.54) is 23.5 Å². The summed E-state index contributed by atoms with van der Waals surface area (Å²) >= 11 is 0. The van der Waals surface area contributed by atoms with E-state index in [0.29, 0.717) is 5.75 Å². The van der Waals surface area contributed by atoms with Crippen LogP contribution in [0.4, 0.5) is 0 Å². The third-order valence-corrected chi connectivity index (χ3v) is 5.63. The SMILES string of the molecule is CCOC(=O)CCN(Cc1ccccc1)S(=O)(=O)c1ccc(OC)cc1. The Morgan fingerprint density at radius 2 is 1.69 bits per heavy atom. The smallest absolute Gasteiger partial charge is 0.307 e. The normalized spacial score (nSPS) is 11.3. The summed E-state index contributed by atoms with van der Waals surface area (Å²) in [6.07, 6.45) is -0.00391. The molecule has 0 N–H and O–H groups in total. The third kappa shape index (κ3) is 5.31. The van der Waals surface area contributed by atoms with Gasteiger partial charge in [-0.15, -0.1) is 0 Å². The van der Waals surface area contributed by atoms with Gasteiger partial charge < -0.3 is 9.47 Å². The summed E-state index contributed by atoms with van der Waals surface area (Å²) in [6.45, 7) is 2.20. The van der Waals surface area contributed by atoms with Crippen molar-refractivity contribution in [2.75, 3.05) is 20.3 Å². The van der Waals surface area contributed by atoms with Gasteiger partial charge in [0.1, 0.15) is 5.75 Å². The van der Waals surface area contributed by atoms with E-state index < -0.39 is 16.0 Å². The quantitative estimate of drug-likeness (QED) is 0.628. The summed E-state index contributed by atoms with van der Waals surface area (Å²) in [5, 5.41) is 0. The Morgan fingerprint density at radius 1 is 1.04 bits per heavy atom. The maximum atomic E-state index is 13.0. The van der Waals surface area contributed by atoms with Crippen molar-refractivity contribution in [1.82, 2.24) is 4.31 Å². The van der Waals surface area contributed by atoms with Gasteiger partial charge in [0.05, 0.1) is 25.0 Å². The molecule has 0 bridgehead atoms. The van der Waals surface area contributed by atoms with Gasteiger partial charge >= 0.3 is 5.97 Å². The van der Waals surface area contributed by atoms with Gasteiger partial charge in [-0.1, -0.05) is 30.3 Å². The zero-order chi connectivity index (χ0) is 19.0. The summed E-state index contributed by atoms with van der Waals surface area (Å²) in [5.74, 6) is 0.153. The lowest BCUT2D eigenvalue weighted by Crippen LogP contribution is -2.33. The molecule has 0 aliphatic heterocycles. The minimum absolute atomic E-state index is 0.00391. The van der Waals surface area contributed by atoms with Gasteiger partial charge in [0.15, 0.2) is 0 Å². The number of hydrogen-bond donors (Lipinski definition) is 0. The van der Waals surface area contributed by atoms with Crippen molar-refractivity contribution < 1.29 is 22.7 Å². The van der Waals surface area contributed by atoms with Gasteiger partial charge in [0, 0.05) is 13.1 Å². The fraction of sp³-hybridized carbons (Fsp3) is 0.316. The zero-order valence-electron chi connectivity index (χ0n) is 14.9. The molecule has 0 aliphatic carbocycles. The van der Waals surface area contributed by atoms with Crippen LogP contribution in [-0.2, 0) is 26.1 Å². The number of ether oxygens (including phenoxy) is 2. The maximum Gasteiger partial charge on any atom is 0.307 e. The number of hydrogen-bond acceptors (Lipinski definition) is 5. The van der Waals surface area contributed by atoms with Crippen molar-refractivity contribution in [2.45, 2.75) is 24.8 Å². The molecule has 0 amide bonds. The number of benzene rings is 2. The van der Waals surface area contributed by atoms with Gasteiger partial charge in [0.25, 0.3) is 0 Å². The highest BCUT2D eigenvalue weighted by atomic mass is 32.2. The summed E-state index contributed by atoms with van der Waals surface area (Å²) in [6, 6.07) is 15.4. The average molecular weight is 377 g/mol. The lowest BCUT2D eigenvalue weighted by atomic mass is 10.2. The highest BCUT2D eigenvalue weighted by Crippen LogP contribution is 2.21. The van der Waals surface area contributed by atoms with Crippen LogP contribution < -0.4 is 4.74 Å². The van der Waals surface area contributed by atoms with Crippen LogP contribution in [-0.4, -0.2) is 39.0 Å². The second-order valence-electron chi connectivity index (χ2n) is 5.55. The second-order valence-corrected chi connectivity index (χ2v) is 7.49. The zero-order valence-corrected chi connectivity index (χ0v) is 15.7. The van der Waals surface area contributed by atoms with E-state index in [1.807, 2.05) is 30.3 Å². The van der Waals surface area contributed by atoms with Gasteiger partial charge in [-0.25, -0.2) is 8.42 Å². The number of nitrogens with zero attached hydrogens (tertiary/aromatic N) is 1. The van der Waals surface area contributed by atoms with Gasteiger partial charge in [-0.05, 0) is 36.8 Å². The standard InChI is InChI=1S/C19H23NO5S/c1-3-25-19(21)13-14-20(15-16-7-5-4-6-8-16)26(22,23)18-11-9-17(24-2)10-12-18/h4-12H,3,13-15H2,1-2H3. The monoisotopic (exact) mass is 377 g/mol.